The van der Waals surface area contributed by atoms with E-state index in [9.17, 15) is 0 Å². The summed E-state index contributed by atoms with van der Waals surface area (Å²) >= 11 is 2.33. The van der Waals surface area contributed by atoms with Crippen LogP contribution in [0.15, 0.2) is 71.1 Å². The number of hydrogen-bond donors (Lipinski definition) is 0. The van der Waals surface area contributed by atoms with Crippen LogP contribution in [0.1, 0.15) is 5.56 Å². The van der Waals surface area contributed by atoms with Crippen molar-refractivity contribution in [2.24, 2.45) is 0 Å². The SMILES string of the molecule is Cc1cc(-c2ccccc2)nc2c(I)c(-c3ccccc3)oc12. The van der Waals surface area contributed by atoms with Crippen LogP contribution in [0, 0.1) is 10.5 Å². The molecular formula is C20H14INO. The summed E-state index contributed by atoms with van der Waals surface area (Å²) in [7, 11) is 0. The van der Waals surface area contributed by atoms with Crippen molar-refractivity contribution >= 4 is 33.7 Å². The van der Waals surface area contributed by atoms with Gasteiger partial charge < -0.3 is 4.42 Å². The highest BCUT2D eigenvalue weighted by Crippen LogP contribution is 2.36. The van der Waals surface area contributed by atoms with E-state index >= 15 is 0 Å². The van der Waals surface area contributed by atoms with Crippen molar-refractivity contribution in [3.63, 3.8) is 0 Å². The number of hydrogen-bond acceptors (Lipinski definition) is 2. The lowest BCUT2D eigenvalue weighted by atomic mass is 10.1. The molecule has 23 heavy (non-hydrogen) atoms. The Kier molecular flexibility index (Phi) is 3.65. The van der Waals surface area contributed by atoms with Gasteiger partial charge in [-0.1, -0.05) is 60.7 Å². The van der Waals surface area contributed by atoms with Gasteiger partial charge >= 0.3 is 0 Å². The highest BCUT2D eigenvalue weighted by molar-refractivity contribution is 14.1. The molecule has 0 unspecified atom stereocenters. The maximum absolute atomic E-state index is 6.14. The zero-order valence-corrected chi connectivity index (χ0v) is 14.7. The fourth-order valence-corrected chi connectivity index (χ4v) is 3.51. The van der Waals surface area contributed by atoms with Gasteiger partial charge in [0.25, 0.3) is 0 Å². The molecule has 0 saturated carbocycles. The van der Waals surface area contributed by atoms with Gasteiger partial charge in [-0.3, -0.25) is 0 Å². The molecule has 0 fully saturated rings. The second-order valence-corrected chi connectivity index (χ2v) is 6.56. The van der Waals surface area contributed by atoms with Gasteiger partial charge in [-0.25, -0.2) is 4.98 Å². The molecule has 2 nitrogen and oxygen atoms in total. The van der Waals surface area contributed by atoms with E-state index in [0.717, 1.165) is 42.8 Å². The van der Waals surface area contributed by atoms with Crippen molar-refractivity contribution < 1.29 is 4.42 Å². The summed E-state index contributed by atoms with van der Waals surface area (Å²) in [6.45, 7) is 2.07. The van der Waals surface area contributed by atoms with E-state index in [0.29, 0.717) is 0 Å². The number of rotatable bonds is 2. The van der Waals surface area contributed by atoms with E-state index in [1.54, 1.807) is 0 Å². The fourth-order valence-electron chi connectivity index (χ4n) is 2.72. The fraction of sp³-hybridized carbons (Fsp3) is 0.0500. The monoisotopic (exact) mass is 411 g/mol. The highest BCUT2D eigenvalue weighted by Gasteiger charge is 2.17. The molecule has 0 saturated heterocycles. The van der Waals surface area contributed by atoms with Gasteiger partial charge in [0.2, 0.25) is 0 Å². The third kappa shape index (κ3) is 2.55. The number of aromatic nitrogens is 1. The van der Waals surface area contributed by atoms with Crippen LogP contribution in [0.25, 0.3) is 33.7 Å². The van der Waals surface area contributed by atoms with E-state index in [2.05, 4.69) is 59.8 Å². The number of benzene rings is 2. The van der Waals surface area contributed by atoms with Crippen molar-refractivity contribution in [1.82, 2.24) is 4.98 Å². The van der Waals surface area contributed by atoms with Crippen molar-refractivity contribution in [2.45, 2.75) is 6.92 Å². The number of nitrogens with zero attached hydrogens (tertiary/aromatic N) is 1. The Balaban J connectivity index is 1.95. The summed E-state index contributed by atoms with van der Waals surface area (Å²) in [6, 6.07) is 22.5. The Hall–Kier alpha value is -2.14. The molecule has 0 aliphatic carbocycles. The number of fused-ring (bicyclic) bond motifs is 1. The van der Waals surface area contributed by atoms with E-state index in [1.807, 2.05) is 36.4 Å². The Morgan fingerprint density at radius 2 is 1.48 bits per heavy atom. The first kappa shape index (κ1) is 14.5. The molecule has 3 heteroatoms. The molecule has 4 rings (SSSR count). The van der Waals surface area contributed by atoms with Crippen molar-refractivity contribution in [1.29, 1.82) is 0 Å². The van der Waals surface area contributed by atoms with Crippen LogP contribution < -0.4 is 0 Å². The first-order valence-corrected chi connectivity index (χ1v) is 8.52. The minimum Gasteiger partial charge on any atom is -0.453 e. The largest absolute Gasteiger partial charge is 0.453 e. The lowest BCUT2D eigenvalue weighted by molar-refractivity contribution is 0.626. The van der Waals surface area contributed by atoms with Crippen LogP contribution in [-0.2, 0) is 0 Å². The van der Waals surface area contributed by atoms with Gasteiger partial charge in [-0.15, -0.1) is 0 Å². The molecule has 0 aliphatic heterocycles. The number of halogens is 1. The molecule has 0 amide bonds. The second kappa shape index (κ2) is 5.81. The van der Waals surface area contributed by atoms with Crippen molar-refractivity contribution in [3.05, 3.63) is 75.9 Å². The molecule has 2 heterocycles. The Bertz CT molecular complexity index is 975. The third-order valence-electron chi connectivity index (χ3n) is 3.88. The zero-order valence-electron chi connectivity index (χ0n) is 12.6. The number of furan rings is 1. The van der Waals surface area contributed by atoms with Gasteiger partial charge in [0, 0.05) is 11.1 Å². The quantitative estimate of drug-likeness (QED) is 0.374. The lowest BCUT2D eigenvalue weighted by Gasteiger charge is -2.02. The number of pyridine rings is 1. The smallest absolute Gasteiger partial charge is 0.157 e. The average Bonchev–Trinajstić information content (AvgIpc) is 2.94. The minimum absolute atomic E-state index is 0.868. The van der Waals surface area contributed by atoms with Crippen LogP contribution in [0.3, 0.4) is 0 Å². The normalized spacial score (nSPS) is 11.0. The standard InChI is InChI=1S/C20H14INO/c1-13-12-16(14-8-4-2-5-9-14)22-18-17(21)20(23-19(13)18)15-10-6-3-7-11-15/h2-12H,1H3. The second-order valence-electron chi connectivity index (χ2n) is 5.48. The van der Waals surface area contributed by atoms with Crippen LogP contribution in [0.2, 0.25) is 0 Å². The molecule has 0 aliphatic rings. The van der Waals surface area contributed by atoms with Gasteiger partial charge in [0.15, 0.2) is 5.58 Å². The minimum atomic E-state index is 0.868. The maximum atomic E-state index is 6.14. The molecule has 112 valence electrons. The summed E-state index contributed by atoms with van der Waals surface area (Å²) in [5.41, 5.74) is 6.09. The van der Waals surface area contributed by atoms with E-state index in [-0.39, 0.29) is 0 Å². The summed E-state index contributed by atoms with van der Waals surface area (Å²) in [6.07, 6.45) is 0. The number of aryl methyl sites for hydroxylation is 1. The maximum Gasteiger partial charge on any atom is 0.157 e. The molecule has 0 bridgehead atoms. The van der Waals surface area contributed by atoms with E-state index in [4.69, 9.17) is 9.40 Å². The van der Waals surface area contributed by atoms with Gasteiger partial charge in [-0.2, -0.15) is 0 Å². The molecular weight excluding hydrogens is 397 g/mol. The lowest BCUT2D eigenvalue weighted by Crippen LogP contribution is -1.87. The van der Waals surface area contributed by atoms with Gasteiger partial charge in [0.1, 0.15) is 11.3 Å². The van der Waals surface area contributed by atoms with Crippen molar-refractivity contribution in [3.8, 4) is 22.6 Å². The van der Waals surface area contributed by atoms with Gasteiger partial charge in [0.05, 0.1) is 9.26 Å². The summed E-state index contributed by atoms with van der Waals surface area (Å²) in [4.78, 5) is 4.85. The Morgan fingerprint density at radius 3 is 2.13 bits per heavy atom. The molecule has 0 N–H and O–H groups in total. The third-order valence-corrected chi connectivity index (χ3v) is 4.88. The van der Waals surface area contributed by atoms with Crippen LogP contribution in [0.4, 0.5) is 0 Å². The summed E-state index contributed by atoms with van der Waals surface area (Å²) in [5.74, 6) is 0.891. The molecule has 0 spiro atoms. The molecule has 0 atom stereocenters. The molecule has 4 aromatic rings. The van der Waals surface area contributed by atoms with Crippen LogP contribution in [-0.4, -0.2) is 4.98 Å². The summed E-state index contributed by atoms with van der Waals surface area (Å²) in [5, 5.41) is 0. The van der Waals surface area contributed by atoms with Crippen LogP contribution >= 0.6 is 22.6 Å². The first-order valence-electron chi connectivity index (χ1n) is 7.44. The highest BCUT2D eigenvalue weighted by atomic mass is 127. The summed E-state index contributed by atoms with van der Waals surface area (Å²) < 4.78 is 7.20. The van der Waals surface area contributed by atoms with Crippen LogP contribution in [0.5, 0.6) is 0 Å². The van der Waals surface area contributed by atoms with E-state index in [1.165, 1.54) is 0 Å². The molecule has 2 aromatic heterocycles. The zero-order chi connectivity index (χ0) is 15.8. The molecule has 0 radical (unpaired) electrons. The average molecular weight is 411 g/mol. The topological polar surface area (TPSA) is 26.0 Å². The Labute approximate surface area is 148 Å². The first-order chi connectivity index (χ1) is 11.2. The Morgan fingerprint density at radius 1 is 0.870 bits per heavy atom. The predicted molar refractivity (Wildman–Crippen MR) is 102 cm³/mol. The van der Waals surface area contributed by atoms with Crippen molar-refractivity contribution in [2.75, 3.05) is 0 Å². The van der Waals surface area contributed by atoms with E-state index < -0.39 is 0 Å². The van der Waals surface area contributed by atoms with Gasteiger partial charge in [-0.05, 0) is 41.1 Å². The predicted octanol–water partition coefficient (Wildman–Crippen LogP) is 6.07. The molecule has 2 aromatic carbocycles.